The Balaban J connectivity index is 1.72. The van der Waals surface area contributed by atoms with E-state index in [0.29, 0.717) is 24.2 Å². The zero-order chi connectivity index (χ0) is 20.3. The van der Waals surface area contributed by atoms with E-state index in [4.69, 9.17) is 10.3 Å². The standard InChI is InChI=1S/C18H21N5O5/c1-9(17-22-15(23-28-17)13-7-6-10(24)8-20-13)14(19)16(25)21-12-5-3-2-4-11(12)18(26)27/h6-9,14,24H,2-5,19H2,1H3,(H,21,25)(H,26,27). The van der Waals surface area contributed by atoms with Crippen LogP contribution in [0.25, 0.3) is 11.5 Å². The van der Waals surface area contributed by atoms with E-state index in [1.54, 1.807) is 6.92 Å². The summed E-state index contributed by atoms with van der Waals surface area (Å²) in [6.07, 6.45) is 3.75. The van der Waals surface area contributed by atoms with E-state index in [1.807, 2.05) is 0 Å². The van der Waals surface area contributed by atoms with Crippen molar-refractivity contribution in [3.05, 3.63) is 35.5 Å². The highest BCUT2D eigenvalue weighted by molar-refractivity contribution is 5.90. The molecule has 0 bridgehead atoms. The van der Waals surface area contributed by atoms with Crippen LogP contribution in [0, 0.1) is 0 Å². The Morgan fingerprint density at radius 2 is 2.04 bits per heavy atom. The summed E-state index contributed by atoms with van der Waals surface area (Å²) < 4.78 is 5.20. The molecule has 10 nitrogen and oxygen atoms in total. The number of carbonyl (C=O) groups excluding carboxylic acids is 1. The molecular weight excluding hydrogens is 366 g/mol. The first-order valence-electron chi connectivity index (χ1n) is 8.87. The molecule has 0 saturated carbocycles. The quantitative estimate of drug-likeness (QED) is 0.571. The highest BCUT2D eigenvalue weighted by Gasteiger charge is 2.29. The molecule has 0 aromatic carbocycles. The molecule has 2 aromatic rings. The van der Waals surface area contributed by atoms with Crippen LogP contribution < -0.4 is 11.1 Å². The largest absolute Gasteiger partial charge is 0.506 e. The van der Waals surface area contributed by atoms with Crippen molar-refractivity contribution >= 4 is 11.9 Å². The fourth-order valence-corrected chi connectivity index (χ4v) is 2.93. The topological polar surface area (TPSA) is 164 Å². The van der Waals surface area contributed by atoms with Crippen molar-refractivity contribution in [1.29, 1.82) is 0 Å². The molecule has 28 heavy (non-hydrogen) atoms. The molecule has 0 spiro atoms. The molecule has 5 N–H and O–H groups in total. The average molecular weight is 387 g/mol. The van der Waals surface area contributed by atoms with Crippen molar-refractivity contribution in [3.8, 4) is 17.3 Å². The number of carbonyl (C=O) groups is 2. The number of aromatic hydroxyl groups is 1. The van der Waals surface area contributed by atoms with E-state index in [1.165, 1.54) is 18.3 Å². The number of amides is 1. The molecule has 0 saturated heterocycles. The maximum absolute atomic E-state index is 12.5. The predicted octanol–water partition coefficient (Wildman–Crippen LogP) is 1.30. The predicted molar refractivity (Wildman–Crippen MR) is 96.9 cm³/mol. The van der Waals surface area contributed by atoms with Gasteiger partial charge in [-0.2, -0.15) is 4.98 Å². The average Bonchev–Trinajstić information content (AvgIpc) is 3.17. The van der Waals surface area contributed by atoms with Gasteiger partial charge in [-0.15, -0.1) is 0 Å². The van der Waals surface area contributed by atoms with Crippen LogP contribution >= 0.6 is 0 Å². The molecule has 1 amide bonds. The van der Waals surface area contributed by atoms with Gasteiger partial charge in [-0.1, -0.05) is 12.1 Å². The van der Waals surface area contributed by atoms with Gasteiger partial charge in [-0.05, 0) is 37.8 Å². The van der Waals surface area contributed by atoms with Crippen molar-refractivity contribution in [1.82, 2.24) is 20.4 Å². The second-order valence-corrected chi connectivity index (χ2v) is 6.63. The molecule has 0 fully saturated rings. The number of allylic oxidation sites excluding steroid dienone is 1. The highest BCUT2D eigenvalue weighted by Crippen LogP contribution is 2.25. The van der Waals surface area contributed by atoms with E-state index >= 15 is 0 Å². The molecule has 2 heterocycles. The second kappa shape index (κ2) is 8.17. The van der Waals surface area contributed by atoms with Crippen LogP contribution in [0.4, 0.5) is 0 Å². The molecule has 1 aliphatic rings. The molecule has 2 atom stereocenters. The summed E-state index contributed by atoms with van der Waals surface area (Å²) in [5.41, 5.74) is 7.07. The molecule has 1 aliphatic carbocycles. The Kier molecular flexibility index (Phi) is 5.69. The van der Waals surface area contributed by atoms with Crippen LogP contribution in [0.1, 0.15) is 44.4 Å². The highest BCUT2D eigenvalue weighted by atomic mass is 16.5. The normalized spacial score (nSPS) is 16.5. The molecule has 0 aliphatic heterocycles. The lowest BCUT2D eigenvalue weighted by molar-refractivity contribution is -0.133. The fraction of sp³-hybridized carbons (Fsp3) is 0.389. The summed E-state index contributed by atoms with van der Waals surface area (Å²) in [4.78, 5) is 32.1. The number of carboxylic acid groups (broad SMARTS) is 1. The number of rotatable bonds is 6. The van der Waals surface area contributed by atoms with Crippen molar-refractivity contribution in [2.24, 2.45) is 5.73 Å². The third kappa shape index (κ3) is 4.17. The molecular formula is C18H21N5O5. The summed E-state index contributed by atoms with van der Waals surface area (Å²) in [6.45, 7) is 1.67. The molecule has 2 unspecified atom stereocenters. The summed E-state index contributed by atoms with van der Waals surface area (Å²) >= 11 is 0. The third-order valence-electron chi connectivity index (χ3n) is 4.65. The van der Waals surface area contributed by atoms with Crippen LogP contribution in [-0.4, -0.2) is 43.3 Å². The lowest BCUT2D eigenvalue weighted by Gasteiger charge is -2.21. The number of aliphatic carboxylic acids is 1. The van der Waals surface area contributed by atoms with E-state index in [0.717, 1.165) is 12.8 Å². The van der Waals surface area contributed by atoms with Crippen LogP contribution in [0.5, 0.6) is 5.75 Å². The lowest BCUT2D eigenvalue weighted by atomic mass is 9.95. The maximum Gasteiger partial charge on any atom is 0.333 e. The minimum absolute atomic E-state index is 0.0114. The van der Waals surface area contributed by atoms with Gasteiger partial charge in [0.15, 0.2) is 0 Å². The fourth-order valence-electron chi connectivity index (χ4n) is 2.93. The van der Waals surface area contributed by atoms with E-state index < -0.39 is 23.8 Å². The zero-order valence-corrected chi connectivity index (χ0v) is 15.3. The molecule has 0 radical (unpaired) electrons. The number of hydrogen-bond acceptors (Lipinski definition) is 8. The van der Waals surface area contributed by atoms with E-state index in [9.17, 15) is 19.8 Å². The summed E-state index contributed by atoms with van der Waals surface area (Å²) in [6, 6.07) is 1.97. The van der Waals surface area contributed by atoms with Gasteiger partial charge in [0.25, 0.3) is 0 Å². The number of nitrogens with one attached hydrogen (secondary N) is 1. The Morgan fingerprint density at radius 1 is 1.29 bits per heavy atom. The summed E-state index contributed by atoms with van der Waals surface area (Å²) in [5, 5.41) is 25.0. The molecule has 10 heteroatoms. The Labute approximate surface area is 160 Å². The summed E-state index contributed by atoms with van der Waals surface area (Å²) in [5.74, 6) is -1.76. The van der Waals surface area contributed by atoms with Gasteiger partial charge < -0.3 is 25.8 Å². The van der Waals surface area contributed by atoms with Crippen LogP contribution in [-0.2, 0) is 9.59 Å². The van der Waals surface area contributed by atoms with Gasteiger partial charge in [-0.3, -0.25) is 4.79 Å². The SMILES string of the molecule is CC(c1nc(-c2ccc(O)cn2)no1)C(N)C(=O)NC1=C(C(=O)O)CCCC1. The zero-order valence-electron chi connectivity index (χ0n) is 15.3. The van der Waals surface area contributed by atoms with Gasteiger partial charge in [0, 0.05) is 5.70 Å². The number of hydrogen-bond donors (Lipinski definition) is 4. The molecule has 2 aromatic heterocycles. The van der Waals surface area contributed by atoms with Crippen LogP contribution in [0.3, 0.4) is 0 Å². The molecule has 148 valence electrons. The van der Waals surface area contributed by atoms with E-state index in [2.05, 4.69) is 20.4 Å². The van der Waals surface area contributed by atoms with Crippen molar-refractivity contribution in [2.75, 3.05) is 0 Å². The number of carboxylic acids is 1. The Bertz CT molecular complexity index is 905. The Hall–Kier alpha value is -3.27. The van der Waals surface area contributed by atoms with Crippen LogP contribution in [0.15, 0.2) is 34.1 Å². The van der Waals surface area contributed by atoms with Gasteiger partial charge in [-0.25, -0.2) is 9.78 Å². The van der Waals surface area contributed by atoms with Crippen molar-refractivity contribution < 1.29 is 24.3 Å². The first kappa shape index (κ1) is 19.5. The monoisotopic (exact) mass is 387 g/mol. The lowest BCUT2D eigenvalue weighted by Crippen LogP contribution is -2.44. The number of aromatic nitrogens is 3. The third-order valence-corrected chi connectivity index (χ3v) is 4.65. The van der Waals surface area contributed by atoms with Gasteiger partial charge in [0.1, 0.15) is 11.4 Å². The maximum atomic E-state index is 12.5. The van der Waals surface area contributed by atoms with Gasteiger partial charge in [0.2, 0.25) is 17.6 Å². The Morgan fingerprint density at radius 3 is 2.71 bits per heavy atom. The first-order chi connectivity index (χ1) is 13.4. The van der Waals surface area contributed by atoms with Crippen molar-refractivity contribution in [3.63, 3.8) is 0 Å². The van der Waals surface area contributed by atoms with Crippen LogP contribution in [0.2, 0.25) is 0 Å². The number of pyridine rings is 1. The molecule has 3 rings (SSSR count). The van der Waals surface area contributed by atoms with Crippen molar-refractivity contribution in [2.45, 2.75) is 44.6 Å². The van der Waals surface area contributed by atoms with Gasteiger partial charge >= 0.3 is 5.97 Å². The number of nitrogens with zero attached hydrogens (tertiary/aromatic N) is 3. The minimum atomic E-state index is -1.03. The number of nitrogens with two attached hydrogens (primary N) is 1. The minimum Gasteiger partial charge on any atom is -0.506 e. The van der Waals surface area contributed by atoms with Gasteiger partial charge in [0.05, 0.1) is 23.7 Å². The second-order valence-electron chi connectivity index (χ2n) is 6.63. The smallest absolute Gasteiger partial charge is 0.333 e. The van der Waals surface area contributed by atoms with E-state index in [-0.39, 0.29) is 23.0 Å². The first-order valence-corrected chi connectivity index (χ1v) is 8.87. The summed E-state index contributed by atoms with van der Waals surface area (Å²) in [7, 11) is 0.